The Morgan fingerprint density at radius 2 is 1.57 bits per heavy atom. The zero-order chi connectivity index (χ0) is 40.8. The number of benzene rings is 1. The first-order valence-corrected chi connectivity index (χ1v) is 19.4. The van der Waals surface area contributed by atoms with Crippen molar-refractivity contribution >= 4 is 37.3 Å². The van der Waals surface area contributed by atoms with Crippen molar-refractivity contribution in [1.82, 2.24) is 25.8 Å². The topological polar surface area (TPSA) is 163 Å². The molecule has 7 atom stereocenters. The van der Waals surface area contributed by atoms with Gasteiger partial charge in [-0.25, -0.2) is 0 Å². The van der Waals surface area contributed by atoms with E-state index in [1.807, 2.05) is 97.9 Å². The van der Waals surface area contributed by atoms with E-state index in [1.54, 1.807) is 11.8 Å². The summed E-state index contributed by atoms with van der Waals surface area (Å²) in [5.41, 5.74) is 6.47. The highest BCUT2D eigenvalue weighted by molar-refractivity contribution is 6.11. The lowest BCUT2D eigenvalue weighted by Crippen LogP contribution is -2.54. The van der Waals surface area contributed by atoms with Crippen LogP contribution in [0.2, 0.25) is 5.82 Å². The van der Waals surface area contributed by atoms with Crippen LogP contribution in [0.15, 0.2) is 30.3 Å². The number of hydrogen-bond donors (Lipinski definition) is 4. The summed E-state index contributed by atoms with van der Waals surface area (Å²) in [4.78, 5) is 68.6. The van der Waals surface area contributed by atoms with Crippen molar-refractivity contribution in [2.45, 2.75) is 130 Å². The van der Waals surface area contributed by atoms with Crippen molar-refractivity contribution in [3.05, 3.63) is 35.9 Å². The highest BCUT2D eigenvalue weighted by atomic mass is 16.5. The molecule has 1 aromatic rings. The average molecular weight is 743 g/mol. The molecule has 4 amide bonds. The first-order chi connectivity index (χ1) is 25.0. The minimum absolute atomic E-state index is 0.00640. The number of carbonyl (C=O) groups is 5. The molecule has 0 aromatic heterocycles. The number of nitrogens with two attached hydrogens (primary N) is 1. The number of carbonyl (C=O) groups excluding carboxylic acids is 5. The molecule has 0 bridgehead atoms. The number of amides is 4. The van der Waals surface area contributed by atoms with Crippen molar-refractivity contribution in [2.24, 2.45) is 23.5 Å². The highest BCUT2D eigenvalue weighted by Gasteiger charge is 2.40. The molecule has 1 fully saturated rings. The molecule has 2 rings (SSSR count). The van der Waals surface area contributed by atoms with E-state index in [-0.39, 0.29) is 66.7 Å². The number of hydrogen-bond acceptors (Lipinski definition) is 8. The van der Waals surface area contributed by atoms with Crippen LogP contribution in [0.3, 0.4) is 0 Å². The van der Waals surface area contributed by atoms with Crippen LogP contribution in [0.5, 0.6) is 0 Å². The summed E-state index contributed by atoms with van der Waals surface area (Å²) < 4.78 is 5.77. The van der Waals surface area contributed by atoms with Crippen LogP contribution in [-0.4, -0.2) is 119 Å². The minimum Gasteiger partial charge on any atom is -0.378 e. The number of ketones is 1. The summed E-state index contributed by atoms with van der Waals surface area (Å²) in [7, 11) is 12.6. The number of likely N-dealkylation sites (N-methyl/N-ethyl adjacent to an activating group) is 1. The standard InChI is InChI=1S/C33H53N5O6.C5H12BN.C2H6/c1-20(2)28(36-33(43)29(21(3)4)37(6)7)26(39)16-17-27(40)38-18-12-15-25(38)30(44-8)22(5)32(42)35-24(31(34)41)19-23-13-10-9-11-14-23;1-3-5(6)4-7-2;1-2/h9-11,13-14,20-22,24-25,28-30H,12,15-19H2,1-8H3,(H2,34,41)(H,35,42)(H,36,43);5,7H,3-4H2,1-2H3;1-2H3/t22?,24?,25?,28-,29?,30?;;/m0../s1. The fraction of sp³-hybridized carbons (Fsp3) is 0.725. The quantitative estimate of drug-likeness (QED) is 0.148. The van der Waals surface area contributed by atoms with E-state index in [9.17, 15) is 24.0 Å². The molecule has 1 aliphatic rings. The van der Waals surface area contributed by atoms with Gasteiger partial charge in [-0.05, 0) is 57.9 Å². The summed E-state index contributed by atoms with van der Waals surface area (Å²) in [6.07, 6.45) is 2.07. The molecule has 300 valence electrons. The van der Waals surface area contributed by atoms with Gasteiger partial charge in [0.2, 0.25) is 23.6 Å². The normalized spacial score (nSPS) is 17.3. The van der Waals surface area contributed by atoms with E-state index in [0.717, 1.165) is 24.9 Å². The summed E-state index contributed by atoms with van der Waals surface area (Å²) in [5.74, 6) is -2.04. The fourth-order valence-corrected chi connectivity index (χ4v) is 6.59. The number of likely N-dealkylation sites (tertiary alicyclic amines) is 1. The van der Waals surface area contributed by atoms with Crippen molar-refractivity contribution in [3.63, 3.8) is 0 Å². The van der Waals surface area contributed by atoms with Gasteiger partial charge in [0, 0.05) is 32.9 Å². The van der Waals surface area contributed by atoms with Gasteiger partial charge in [-0.3, -0.25) is 28.9 Å². The Labute approximate surface area is 321 Å². The lowest BCUT2D eigenvalue weighted by molar-refractivity contribution is -0.141. The lowest BCUT2D eigenvalue weighted by atomic mass is 9.85. The van der Waals surface area contributed by atoms with E-state index >= 15 is 0 Å². The average Bonchev–Trinajstić information content (AvgIpc) is 3.60. The molecule has 6 unspecified atom stereocenters. The predicted octanol–water partition coefficient (Wildman–Crippen LogP) is 3.52. The zero-order valence-electron chi connectivity index (χ0n) is 34.7. The van der Waals surface area contributed by atoms with Gasteiger partial charge in [-0.1, -0.05) is 98.0 Å². The summed E-state index contributed by atoms with van der Waals surface area (Å²) in [5, 5.41) is 8.68. The van der Waals surface area contributed by atoms with Crippen LogP contribution in [0.25, 0.3) is 0 Å². The molecule has 0 aliphatic carbocycles. The molecule has 13 heteroatoms. The number of rotatable bonds is 20. The van der Waals surface area contributed by atoms with Crippen molar-refractivity contribution in [1.29, 1.82) is 0 Å². The number of ether oxygens (including phenoxy) is 1. The Kier molecular flexibility index (Phi) is 24.8. The number of primary amides is 1. The maximum absolute atomic E-state index is 13.4. The second-order valence-corrected chi connectivity index (χ2v) is 14.5. The van der Waals surface area contributed by atoms with E-state index in [4.69, 9.17) is 18.3 Å². The monoisotopic (exact) mass is 743 g/mol. The second-order valence-electron chi connectivity index (χ2n) is 14.5. The summed E-state index contributed by atoms with van der Waals surface area (Å²) in [6.45, 7) is 16.9. The molecule has 1 heterocycles. The molecule has 1 saturated heterocycles. The third-order valence-corrected chi connectivity index (χ3v) is 9.46. The Morgan fingerprint density at radius 1 is 0.962 bits per heavy atom. The van der Waals surface area contributed by atoms with Crippen molar-refractivity contribution in [3.8, 4) is 0 Å². The minimum atomic E-state index is -0.889. The largest absolute Gasteiger partial charge is 0.378 e. The van der Waals surface area contributed by atoms with Gasteiger partial charge in [0.25, 0.3) is 0 Å². The number of Topliss-reactive ketones (excluding diaryl/α,β-unsaturated/α-hetero) is 1. The fourth-order valence-electron chi connectivity index (χ4n) is 6.59. The van der Waals surface area contributed by atoms with Gasteiger partial charge < -0.3 is 31.3 Å². The highest BCUT2D eigenvalue weighted by Crippen LogP contribution is 2.27. The maximum atomic E-state index is 13.4. The van der Waals surface area contributed by atoms with E-state index in [1.165, 1.54) is 7.11 Å². The third kappa shape index (κ3) is 17.2. The van der Waals surface area contributed by atoms with Gasteiger partial charge >= 0.3 is 0 Å². The Balaban J connectivity index is 0.00000268. The van der Waals surface area contributed by atoms with E-state index < -0.39 is 30.0 Å². The number of nitrogens with zero attached hydrogens (tertiary/aromatic N) is 2. The van der Waals surface area contributed by atoms with Gasteiger partial charge in [0.1, 0.15) is 6.04 Å². The zero-order valence-corrected chi connectivity index (χ0v) is 34.7. The van der Waals surface area contributed by atoms with Crippen molar-refractivity contribution in [2.75, 3.05) is 41.3 Å². The lowest BCUT2D eigenvalue weighted by Gasteiger charge is -2.34. The second kappa shape index (κ2) is 26.5. The number of methoxy groups -OCH3 is 1. The van der Waals surface area contributed by atoms with E-state index in [0.29, 0.717) is 18.8 Å². The first-order valence-electron chi connectivity index (χ1n) is 19.4. The molecule has 1 aliphatic heterocycles. The predicted molar refractivity (Wildman–Crippen MR) is 214 cm³/mol. The summed E-state index contributed by atoms with van der Waals surface area (Å²) >= 11 is 0. The summed E-state index contributed by atoms with van der Waals surface area (Å²) in [6, 6.07) is 6.96. The van der Waals surface area contributed by atoms with Crippen LogP contribution in [0.1, 0.15) is 93.1 Å². The van der Waals surface area contributed by atoms with Gasteiger partial charge in [-0.15, -0.1) is 0 Å². The van der Waals surface area contributed by atoms with Gasteiger partial charge in [0.05, 0.1) is 38.0 Å². The van der Waals surface area contributed by atoms with Crippen LogP contribution < -0.4 is 21.7 Å². The third-order valence-electron chi connectivity index (χ3n) is 9.46. The van der Waals surface area contributed by atoms with Gasteiger partial charge in [-0.2, -0.15) is 0 Å². The molecule has 2 radical (unpaired) electrons. The molecule has 5 N–H and O–H groups in total. The van der Waals surface area contributed by atoms with E-state index in [2.05, 4.69) is 22.9 Å². The molecule has 12 nitrogen and oxygen atoms in total. The van der Waals surface area contributed by atoms with Crippen LogP contribution in [-0.2, 0) is 35.1 Å². The van der Waals surface area contributed by atoms with Crippen LogP contribution in [0, 0.1) is 17.8 Å². The molecule has 0 spiro atoms. The SMILES string of the molecule is CC.COC(C(C)C(=O)NC(Cc1ccccc1)C(N)=O)C1CCCN1C(=O)CCC(=O)[C@@H](NC(=O)C(C(C)C)N(C)C)C(C)C.[B]C(CC)CNC. The molecular weight excluding hydrogens is 671 g/mol. The van der Waals surface area contributed by atoms with Crippen molar-refractivity contribution < 1.29 is 28.7 Å². The van der Waals surface area contributed by atoms with Gasteiger partial charge in [0.15, 0.2) is 5.78 Å². The van der Waals surface area contributed by atoms with Crippen LogP contribution >= 0.6 is 0 Å². The molecule has 0 saturated carbocycles. The van der Waals surface area contributed by atoms with Crippen LogP contribution in [0.4, 0.5) is 0 Å². The Hall–Kier alpha value is -3.29. The number of nitrogens with one attached hydrogen (secondary N) is 3. The molecular formula is C40H71BN6O6. The maximum Gasteiger partial charge on any atom is 0.240 e. The molecule has 1 aromatic carbocycles. The Bertz CT molecular complexity index is 1230. The Morgan fingerprint density at radius 3 is 2.02 bits per heavy atom. The molecule has 53 heavy (non-hydrogen) atoms. The smallest absolute Gasteiger partial charge is 0.240 e. The first kappa shape index (κ1) is 49.7.